The van der Waals surface area contributed by atoms with Crippen molar-refractivity contribution in [2.45, 2.75) is 0 Å². The Kier molecular flexibility index (Phi) is 7.16. The highest BCUT2D eigenvalue weighted by atomic mass is 16.5. The second-order valence-electron chi connectivity index (χ2n) is 7.75. The van der Waals surface area contributed by atoms with Crippen LogP contribution in [0.25, 0.3) is 16.6 Å². The van der Waals surface area contributed by atoms with Gasteiger partial charge in [-0.05, 0) is 53.9 Å². The number of nitrogens with one attached hydrogen (secondary N) is 1. The van der Waals surface area contributed by atoms with Crippen LogP contribution in [0.15, 0.2) is 85.2 Å². The fraction of sp³-hybridized carbons (Fsp3) is 0.0370. The van der Waals surface area contributed by atoms with Crippen LogP contribution in [0.4, 0.5) is 17.2 Å². The van der Waals surface area contributed by atoms with Crippen molar-refractivity contribution in [3.8, 4) is 23.4 Å². The molecule has 0 fully saturated rings. The van der Waals surface area contributed by atoms with Crippen molar-refractivity contribution in [2.75, 3.05) is 23.9 Å². The number of aromatic hydroxyl groups is 1. The number of ether oxygens (including phenoxy) is 1. The maximum atomic E-state index is 12.4. The lowest BCUT2D eigenvalue weighted by atomic mass is 10.0. The number of hydrogen-bond donors (Lipinski definition) is 4. The number of fused-ring (bicyclic) bond motifs is 1. The van der Waals surface area contributed by atoms with E-state index in [1.807, 2.05) is 30.3 Å². The van der Waals surface area contributed by atoms with Gasteiger partial charge in [-0.3, -0.25) is 4.79 Å². The van der Waals surface area contributed by atoms with Gasteiger partial charge in [0.25, 0.3) is 5.91 Å². The van der Waals surface area contributed by atoms with Gasteiger partial charge in [-0.2, -0.15) is 15.0 Å². The summed E-state index contributed by atoms with van der Waals surface area (Å²) in [7, 11) is 1.56. The average molecular weight is 494 g/mol. The monoisotopic (exact) mass is 493 g/mol. The summed E-state index contributed by atoms with van der Waals surface area (Å²) in [5.74, 6) is 0.913. The Bertz CT molecular complexity index is 1590. The number of anilines is 3. The van der Waals surface area contributed by atoms with Gasteiger partial charge in [-0.1, -0.05) is 24.3 Å². The molecule has 0 saturated heterocycles. The molecule has 0 bridgehead atoms. The third-order valence-corrected chi connectivity index (χ3v) is 5.43. The van der Waals surface area contributed by atoms with E-state index < -0.39 is 5.91 Å². The van der Waals surface area contributed by atoms with E-state index in [1.54, 1.807) is 61.8 Å². The average Bonchev–Trinajstić information content (AvgIpc) is 3.32. The zero-order chi connectivity index (χ0) is 26.4. The lowest BCUT2D eigenvalue weighted by Gasteiger charge is -2.12. The number of nitrogens with zero attached hydrogens (tertiary/aromatic N) is 4. The van der Waals surface area contributed by atoms with Gasteiger partial charge in [0, 0.05) is 17.3 Å². The van der Waals surface area contributed by atoms with Crippen LogP contribution in [0.2, 0.25) is 0 Å². The minimum atomic E-state index is -0.426. The Morgan fingerprint density at radius 3 is 2.49 bits per heavy atom. The molecular weight excluding hydrogens is 470 g/mol. The lowest BCUT2D eigenvalue weighted by Crippen LogP contribution is -2.12. The van der Waals surface area contributed by atoms with Gasteiger partial charge in [0.05, 0.1) is 24.6 Å². The molecule has 10 nitrogen and oxygen atoms in total. The van der Waals surface area contributed by atoms with Crippen molar-refractivity contribution < 1.29 is 14.6 Å². The number of phenols is 1. The highest BCUT2D eigenvalue weighted by Gasteiger charge is 2.17. The Labute approximate surface area is 212 Å². The standard InChI is InChI=1S/C18H16N2O3.C9H7N5/c1-23-13-7-8-14-11(9-13)10-15(17(21)16(14)19)18(22)20-12-5-3-2-4-6-12;10-5-7-6-13-14(9(7)11)8-3-1-2-4-12-8/h2-10,21H,19H2,1H3,(H,20,22);1-4,6H,11H2. The maximum absolute atomic E-state index is 12.4. The molecule has 10 heteroatoms. The summed E-state index contributed by atoms with van der Waals surface area (Å²) in [5, 5.41) is 27.0. The van der Waals surface area contributed by atoms with Gasteiger partial charge in [-0.25, -0.2) is 4.98 Å². The predicted molar refractivity (Wildman–Crippen MR) is 141 cm³/mol. The molecule has 5 rings (SSSR count). The fourth-order valence-corrected chi connectivity index (χ4v) is 3.53. The van der Waals surface area contributed by atoms with Gasteiger partial charge < -0.3 is 26.6 Å². The summed E-state index contributed by atoms with van der Waals surface area (Å²) >= 11 is 0. The first kappa shape index (κ1) is 24.6. The third-order valence-electron chi connectivity index (χ3n) is 5.43. The quantitative estimate of drug-likeness (QED) is 0.214. The minimum Gasteiger partial charge on any atom is -0.505 e. The zero-order valence-corrected chi connectivity index (χ0v) is 19.8. The van der Waals surface area contributed by atoms with Gasteiger partial charge in [-0.15, -0.1) is 0 Å². The lowest BCUT2D eigenvalue weighted by molar-refractivity contribution is 0.102. The number of aromatic nitrogens is 3. The summed E-state index contributed by atoms with van der Waals surface area (Å²) in [5.41, 5.74) is 12.9. The number of carbonyl (C=O) groups is 1. The van der Waals surface area contributed by atoms with Crippen LogP contribution >= 0.6 is 0 Å². The number of nitriles is 1. The number of nitrogen functional groups attached to an aromatic ring is 2. The van der Waals surface area contributed by atoms with Crippen molar-refractivity contribution in [1.29, 1.82) is 5.26 Å². The van der Waals surface area contributed by atoms with Crippen LogP contribution in [0, 0.1) is 11.3 Å². The SMILES string of the molecule is COc1ccc2c(N)c(O)c(C(=O)Nc3ccccc3)cc2c1.N#Cc1cnn(-c2ccccn2)c1N. The highest BCUT2D eigenvalue weighted by Crippen LogP contribution is 2.35. The zero-order valence-electron chi connectivity index (χ0n) is 19.8. The van der Waals surface area contributed by atoms with Gasteiger partial charge in [0.1, 0.15) is 23.2 Å². The Hall–Kier alpha value is -5.56. The first-order chi connectivity index (χ1) is 17.9. The first-order valence-electron chi connectivity index (χ1n) is 11.0. The van der Waals surface area contributed by atoms with Crippen molar-refractivity contribution in [1.82, 2.24) is 14.8 Å². The number of carbonyl (C=O) groups excluding carboxylic acids is 1. The molecule has 0 aliphatic carbocycles. The molecule has 2 aromatic heterocycles. The van der Waals surface area contributed by atoms with E-state index in [0.717, 1.165) is 5.39 Å². The van der Waals surface area contributed by atoms with Gasteiger partial charge in [0.15, 0.2) is 11.6 Å². The molecule has 3 aromatic carbocycles. The summed E-state index contributed by atoms with van der Waals surface area (Å²) in [6.45, 7) is 0. The Morgan fingerprint density at radius 1 is 1.08 bits per heavy atom. The molecule has 0 aliphatic heterocycles. The number of pyridine rings is 1. The Balaban J connectivity index is 0.000000195. The van der Waals surface area contributed by atoms with E-state index in [-0.39, 0.29) is 17.0 Å². The summed E-state index contributed by atoms with van der Waals surface area (Å²) < 4.78 is 6.61. The number of benzene rings is 3. The molecule has 6 N–H and O–H groups in total. The predicted octanol–water partition coefficient (Wildman–Crippen LogP) is 4.11. The van der Waals surface area contributed by atoms with Gasteiger partial charge >= 0.3 is 0 Å². The number of amides is 1. The molecule has 37 heavy (non-hydrogen) atoms. The van der Waals surface area contributed by atoms with E-state index in [2.05, 4.69) is 15.4 Å². The third kappa shape index (κ3) is 5.26. The Morgan fingerprint density at radius 2 is 1.84 bits per heavy atom. The smallest absolute Gasteiger partial charge is 0.259 e. The molecule has 0 unspecified atom stereocenters. The largest absolute Gasteiger partial charge is 0.505 e. The van der Waals surface area contributed by atoms with E-state index in [0.29, 0.717) is 34.0 Å². The number of nitrogens with two attached hydrogens (primary N) is 2. The van der Waals surface area contributed by atoms with E-state index in [9.17, 15) is 9.90 Å². The van der Waals surface area contributed by atoms with Crippen LogP contribution in [0.1, 0.15) is 15.9 Å². The molecular formula is C27H23N7O3. The second kappa shape index (κ2) is 10.8. The molecule has 1 amide bonds. The summed E-state index contributed by atoms with van der Waals surface area (Å²) in [4.78, 5) is 16.5. The molecule has 0 radical (unpaired) electrons. The summed E-state index contributed by atoms with van der Waals surface area (Å²) in [6, 6.07) is 23.2. The van der Waals surface area contributed by atoms with Crippen LogP contribution in [0.5, 0.6) is 11.5 Å². The molecule has 2 heterocycles. The molecule has 0 spiro atoms. The molecule has 5 aromatic rings. The van der Waals surface area contributed by atoms with Crippen molar-refractivity contribution >= 4 is 33.9 Å². The van der Waals surface area contributed by atoms with E-state index >= 15 is 0 Å². The summed E-state index contributed by atoms with van der Waals surface area (Å²) in [6.07, 6.45) is 3.06. The van der Waals surface area contributed by atoms with Crippen molar-refractivity contribution in [3.05, 3.63) is 96.3 Å². The van der Waals surface area contributed by atoms with Crippen molar-refractivity contribution in [2.24, 2.45) is 0 Å². The molecule has 0 atom stereocenters. The first-order valence-corrected chi connectivity index (χ1v) is 11.0. The maximum Gasteiger partial charge on any atom is 0.259 e. The van der Waals surface area contributed by atoms with Crippen molar-refractivity contribution in [3.63, 3.8) is 0 Å². The van der Waals surface area contributed by atoms with E-state index in [1.165, 1.54) is 10.9 Å². The second-order valence-corrected chi connectivity index (χ2v) is 7.75. The van der Waals surface area contributed by atoms with Gasteiger partial charge in [0.2, 0.25) is 0 Å². The van der Waals surface area contributed by atoms with Crippen LogP contribution < -0.4 is 21.5 Å². The van der Waals surface area contributed by atoms with Crippen LogP contribution in [0.3, 0.4) is 0 Å². The van der Waals surface area contributed by atoms with Crippen LogP contribution in [-0.4, -0.2) is 32.9 Å². The normalized spacial score (nSPS) is 10.2. The molecule has 0 saturated carbocycles. The number of rotatable bonds is 4. The number of phenolic OH excluding ortho intramolecular Hbond substituents is 1. The molecule has 184 valence electrons. The highest BCUT2D eigenvalue weighted by molar-refractivity contribution is 6.12. The van der Waals surface area contributed by atoms with Crippen LogP contribution in [-0.2, 0) is 0 Å². The number of hydrogen-bond acceptors (Lipinski definition) is 8. The molecule has 0 aliphatic rings. The number of methoxy groups -OCH3 is 1. The topological polar surface area (TPSA) is 165 Å². The van der Waals surface area contributed by atoms with E-state index in [4.69, 9.17) is 21.5 Å². The number of para-hydroxylation sites is 1. The minimum absolute atomic E-state index is 0.118. The fourth-order valence-electron chi connectivity index (χ4n) is 3.53.